The molecule has 3 N–H and O–H groups in total. The third kappa shape index (κ3) is 5.45. The predicted molar refractivity (Wildman–Crippen MR) is 136 cm³/mol. The molecule has 0 radical (unpaired) electrons. The third-order valence-electron chi connectivity index (χ3n) is 5.72. The van der Waals surface area contributed by atoms with Gasteiger partial charge in [-0.3, -0.25) is 4.79 Å². The van der Waals surface area contributed by atoms with Crippen molar-refractivity contribution in [2.75, 3.05) is 6.26 Å². The Bertz CT molecular complexity index is 1380. The normalized spacial score (nSPS) is 15.0. The maximum Gasteiger partial charge on any atom is 0.244 e. The maximum absolute atomic E-state index is 14.1. The number of amides is 1. The molecule has 3 aromatic rings. The number of hydrogen-bond donors (Lipinski definition) is 3. The number of phenolic OH excluding ortho intramolecular Hbond substituents is 2. The van der Waals surface area contributed by atoms with Crippen LogP contribution in [-0.2, 0) is 16.0 Å². The van der Waals surface area contributed by atoms with E-state index < -0.39 is 22.9 Å². The molecule has 1 aliphatic rings. The van der Waals surface area contributed by atoms with Crippen LogP contribution in [0.3, 0.4) is 0 Å². The summed E-state index contributed by atoms with van der Waals surface area (Å²) < 4.78 is 25.8. The summed E-state index contributed by atoms with van der Waals surface area (Å²) >= 11 is -1.07. The van der Waals surface area contributed by atoms with E-state index in [1.165, 1.54) is 36.5 Å². The number of hydrazone groups is 1. The number of nitrogens with zero attached hydrogens (tertiary/aromatic N) is 1. The molecule has 1 aliphatic carbocycles. The Labute approximate surface area is 205 Å². The molecular weight excluding hydrogens is 467 g/mol. The fourth-order valence-corrected chi connectivity index (χ4v) is 4.44. The highest BCUT2D eigenvalue weighted by Gasteiger charge is 2.25. The van der Waals surface area contributed by atoms with Crippen molar-refractivity contribution in [3.05, 3.63) is 94.3 Å². The highest BCUT2D eigenvalue weighted by Crippen LogP contribution is 2.43. The van der Waals surface area contributed by atoms with Crippen molar-refractivity contribution >= 4 is 40.5 Å². The predicted octanol–water partition coefficient (Wildman–Crippen LogP) is 4.84. The SMILES string of the molecule is CC1=C(CC(=O)NN=Cc2cc(O)ccc2O)c2cc(F)ccc2/C1=C\c1ccc([S+](C)[O-])cc1. The molecule has 1 amide bonds. The van der Waals surface area contributed by atoms with E-state index in [2.05, 4.69) is 10.5 Å². The van der Waals surface area contributed by atoms with Crippen LogP contribution >= 0.6 is 0 Å². The molecule has 0 saturated carbocycles. The smallest absolute Gasteiger partial charge is 0.244 e. The van der Waals surface area contributed by atoms with E-state index in [1.54, 1.807) is 24.5 Å². The van der Waals surface area contributed by atoms with Crippen molar-refractivity contribution in [3.63, 3.8) is 0 Å². The molecule has 0 bridgehead atoms. The van der Waals surface area contributed by atoms with Crippen LogP contribution in [0.15, 0.2) is 76.2 Å². The Kier molecular flexibility index (Phi) is 7.04. The molecule has 0 aromatic heterocycles. The number of allylic oxidation sites excluding steroid dienone is 2. The molecule has 0 spiro atoms. The lowest BCUT2D eigenvalue weighted by molar-refractivity contribution is -0.120. The number of hydrogen-bond acceptors (Lipinski definition) is 5. The van der Waals surface area contributed by atoms with E-state index in [9.17, 15) is 24.0 Å². The number of halogens is 1. The molecule has 35 heavy (non-hydrogen) atoms. The van der Waals surface area contributed by atoms with E-state index in [4.69, 9.17) is 0 Å². The summed E-state index contributed by atoms with van der Waals surface area (Å²) in [5, 5.41) is 23.2. The van der Waals surface area contributed by atoms with Crippen LogP contribution < -0.4 is 5.43 Å². The number of nitrogens with one attached hydrogen (secondary N) is 1. The van der Waals surface area contributed by atoms with Crippen LogP contribution in [0.2, 0.25) is 0 Å². The van der Waals surface area contributed by atoms with E-state index in [-0.39, 0.29) is 23.5 Å². The Hall–Kier alpha value is -3.88. The number of phenols is 2. The summed E-state index contributed by atoms with van der Waals surface area (Å²) in [6, 6.07) is 15.8. The first-order valence-corrected chi connectivity index (χ1v) is 12.3. The van der Waals surface area contributed by atoms with Gasteiger partial charge < -0.3 is 14.8 Å². The van der Waals surface area contributed by atoms with E-state index >= 15 is 0 Å². The molecule has 178 valence electrons. The minimum Gasteiger partial charge on any atom is -0.612 e. The zero-order chi connectivity index (χ0) is 25.1. The Morgan fingerprint density at radius 1 is 1.09 bits per heavy atom. The first-order chi connectivity index (χ1) is 16.7. The zero-order valence-corrected chi connectivity index (χ0v) is 19.9. The topological polar surface area (TPSA) is 105 Å². The standard InChI is InChI=1S/C27H23FN2O4S/c1-16-23(11-17-3-7-21(8-4-17)35(2)34)22-9-5-19(28)13-25(22)24(16)14-27(33)30-29-15-18-12-20(31)6-10-26(18)32/h3-13,15,31-32H,14H2,1-2H3,(H,30,33)/b23-11-,29-15?. The largest absolute Gasteiger partial charge is 0.612 e. The molecule has 0 fully saturated rings. The maximum atomic E-state index is 14.1. The van der Waals surface area contributed by atoms with E-state index in [0.29, 0.717) is 11.1 Å². The van der Waals surface area contributed by atoms with Gasteiger partial charge in [0.1, 0.15) is 23.6 Å². The van der Waals surface area contributed by atoms with Crippen LogP contribution in [0.25, 0.3) is 17.2 Å². The van der Waals surface area contributed by atoms with Gasteiger partial charge in [-0.1, -0.05) is 6.07 Å². The summed E-state index contributed by atoms with van der Waals surface area (Å²) in [6.07, 6.45) is 4.78. The highest BCUT2D eigenvalue weighted by molar-refractivity contribution is 7.90. The fraction of sp³-hybridized carbons (Fsp3) is 0.111. The van der Waals surface area contributed by atoms with Gasteiger partial charge in [0.25, 0.3) is 0 Å². The molecular formula is C27H23FN2O4S. The molecule has 3 aromatic carbocycles. The highest BCUT2D eigenvalue weighted by atomic mass is 32.2. The monoisotopic (exact) mass is 490 g/mol. The van der Waals surface area contributed by atoms with Crippen LogP contribution in [0, 0.1) is 5.82 Å². The number of aromatic hydroxyl groups is 2. The van der Waals surface area contributed by atoms with Crippen LogP contribution in [0.5, 0.6) is 11.5 Å². The molecule has 1 unspecified atom stereocenters. The third-order valence-corrected chi connectivity index (χ3v) is 6.65. The van der Waals surface area contributed by atoms with Gasteiger partial charge in [0.2, 0.25) is 5.91 Å². The number of fused-ring (bicyclic) bond motifs is 1. The van der Waals surface area contributed by atoms with Gasteiger partial charge in [-0.15, -0.1) is 0 Å². The molecule has 1 atom stereocenters. The molecule has 4 rings (SSSR count). The summed E-state index contributed by atoms with van der Waals surface area (Å²) in [5.74, 6) is -0.949. The van der Waals surface area contributed by atoms with E-state index in [1.807, 2.05) is 25.1 Å². The second-order valence-corrected chi connectivity index (χ2v) is 9.47. The van der Waals surface area contributed by atoms with Crippen molar-refractivity contribution in [3.8, 4) is 11.5 Å². The lowest BCUT2D eigenvalue weighted by Gasteiger charge is -2.06. The second kappa shape index (κ2) is 10.2. The second-order valence-electron chi connectivity index (χ2n) is 8.09. The Morgan fingerprint density at radius 3 is 2.54 bits per heavy atom. The molecule has 0 saturated heterocycles. The van der Waals surface area contributed by atoms with Gasteiger partial charge in [0.05, 0.1) is 12.6 Å². The Balaban J connectivity index is 1.59. The number of carbonyl (C=O) groups is 1. The average Bonchev–Trinajstić information content (AvgIpc) is 3.06. The quantitative estimate of drug-likeness (QED) is 0.199. The average molecular weight is 491 g/mol. The van der Waals surface area contributed by atoms with Gasteiger partial charge in [0.15, 0.2) is 4.90 Å². The van der Waals surface area contributed by atoms with Crippen LogP contribution in [0.4, 0.5) is 4.39 Å². The van der Waals surface area contributed by atoms with Crippen molar-refractivity contribution in [2.24, 2.45) is 5.10 Å². The minimum absolute atomic E-state index is 0.0310. The van der Waals surface area contributed by atoms with Gasteiger partial charge in [-0.05, 0) is 112 Å². The summed E-state index contributed by atoms with van der Waals surface area (Å²) in [6.45, 7) is 1.88. The number of rotatable bonds is 6. The van der Waals surface area contributed by atoms with Crippen molar-refractivity contribution in [1.29, 1.82) is 0 Å². The number of carbonyl (C=O) groups excluding carboxylic acids is 1. The van der Waals surface area contributed by atoms with Gasteiger partial charge >= 0.3 is 0 Å². The molecule has 0 aliphatic heterocycles. The lowest BCUT2D eigenvalue weighted by Crippen LogP contribution is -2.17. The van der Waals surface area contributed by atoms with Crippen molar-refractivity contribution in [1.82, 2.24) is 5.43 Å². The van der Waals surface area contributed by atoms with Gasteiger partial charge in [-0.25, -0.2) is 9.82 Å². The lowest BCUT2D eigenvalue weighted by atomic mass is 10.0. The summed E-state index contributed by atoms with van der Waals surface area (Å²) in [5.41, 5.74) is 7.43. The minimum atomic E-state index is -1.07. The first kappa shape index (κ1) is 24.3. The summed E-state index contributed by atoms with van der Waals surface area (Å²) in [7, 11) is 0. The van der Waals surface area contributed by atoms with Gasteiger partial charge in [0, 0.05) is 5.56 Å². The van der Waals surface area contributed by atoms with Gasteiger partial charge in [-0.2, -0.15) is 5.10 Å². The van der Waals surface area contributed by atoms with E-state index in [0.717, 1.165) is 27.2 Å². The first-order valence-electron chi connectivity index (χ1n) is 10.7. The zero-order valence-electron chi connectivity index (χ0n) is 19.1. The Morgan fingerprint density at radius 2 is 1.83 bits per heavy atom. The fourth-order valence-electron chi connectivity index (χ4n) is 3.92. The molecule has 0 heterocycles. The van der Waals surface area contributed by atoms with Crippen molar-refractivity contribution < 1.29 is 24.0 Å². The van der Waals surface area contributed by atoms with Crippen LogP contribution in [-0.4, -0.2) is 33.1 Å². The van der Waals surface area contributed by atoms with Crippen LogP contribution in [0.1, 0.15) is 35.6 Å². The molecule has 8 heteroatoms. The van der Waals surface area contributed by atoms with Crippen molar-refractivity contribution in [2.45, 2.75) is 18.2 Å². The summed E-state index contributed by atoms with van der Waals surface area (Å²) in [4.78, 5) is 13.4. The molecule has 6 nitrogen and oxygen atoms in total. The number of benzene rings is 3.